The summed E-state index contributed by atoms with van der Waals surface area (Å²) < 4.78 is 18.7. The lowest BCUT2D eigenvalue weighted by molar-refractivity contribution is 0.305. The Morgan fingerprint density at radius 2 is 1.72 bits per heavy atom. The largest absolute Gasteiger partial charge is 0.489 e. The standard InChI is InChI=1S/C15H14ClFO/c1-10-5-11(2)7-13(6-10)18-9-12-3-4-15(17)14(16)8-12/h3-8H,9H2,1-2H3. The molecule has 0 unspecified atom stereocenters. The molecule has 2 rings (SSSR count). The minimum Gasteiger partial charge on any atom is -0.489 e. The second-order valence-electron chi connectivity index (χ2n) is 4.36. The van der Waals surface area contributed by atoms with Gasteiger partial charge in [-0.05, 0) is 54.8 Å². The number of hydrogen-bond donors (Lipinski definition) is 0. The van der Waals surface area contributed by atoms with Gasteiger partial charge >= 0.3 is 0 Å². The third kappa shape index (κ3) is 3.23. The third-order valence-electron chi connectivity index (χ3n) is 2.58. The first-order valence-electron chi connectivity index (χ1n) is 5.69. The number of hydrogen-bond acceptors (Lipinski definition) is 1. The molecule has 0 aromatic heterocycles. The van der Waals surface area contributed by atoms with Gasteiger partial charge in [-0.25, -0.2) is 4.39 Å². The molecular weight excluding hydrogens is 251 g/mol. The van der Waals surface area contributed by atoms with Crippen molar-refractivity contribution in [1.29, 1.82) is 0 Å². The molecule has 0 saturated heterocycles. The molecule has 1 nitrogen and oxygen atoms in total. The number of rotatable bonds is 3. The first kappa shape index (κ1) is 12.9. The summed E-state index contributed by atoms with van der Waals surface area (Å²) in [5, 5.41) is 0.122. The summed E-state index contributed by atoms with van der Waals surface area (Å²) in [6, 6.07) is 10.6. The highest BCUT2D eigenvalue weighted by atomic mass is 35.5. The van der Waals surface area contributed by atoms with E-state index in [-0.39, 0.29) is 5.02 Å². The zero-order valence-corrected chi connectivity index (χ0v) is 11.1. The number of halogens is 2. The van der Waals surface area contributed by atoms with E-state index in [0.717, 1.165) is 22.4 Å². The molecule has 0 heterocycles. The molecule has 94 valence electrons. The van der Waals surface area contributed by atoms with Crippen LogP contribution >= 0.6 is 11.6 Å². The van der Waals surface area contributed by atoms with Gasteiger partial charge in [0.05, 0.1) is 5.02 Å². The number of benzene rings is 2. The first-order chi connectivity index (χ1) is 8.54. The summed E-state index contributed by atoms with van der Waals surface area (Å²) in [4.78, 5) is 0. The van der Waals surface area contributed by atoms with Crippen LogP contribution in [0.2, 0.25) is 5.02 Å². The average Bonchev–Trinajstić information content (AvgIpc) is 2.29. The van der Waals surface area contributed by atoms with Gasteiger partial charge in [-0.2, -0.15) is 0 Å². The lowest BCUT2D eigenvalue weighted by Gasteiger charge is -2.08. The first-order valence-corrected chi connectivity index (χ1v) is 6.07. The van der Waals surface area contributed by atoms with Crippen molar-refractivity contribution in [2.24, 2.45) is 0 Å². The van der Waals surface area contributed by atoms with Crippen molar-refractivity contribution >= 4 is 11.6 Å². The molecule has 3 heteroatoms. The van der Waals surface area contributed by atoms with E-state index in [4.69, 9.17) is 16.3 Å². The molecule has 0 radical (unpaired) electrons. The van der Waals surface area contributed by atoms with Crippen LogP contribution in [0, 0.1) is 19.7 Å². The molecule has 18 heavy (non-hydrogen) atoms. The molecule has 0 bridgehead atoms. The molecule has 0 saturated carbocycles. The van der Waals surface area contributed by atoms with Gasteiger partial charge in [0.15, 0.2) is 0 Å². The number of ether oxygens (including phenoxy) is 1. The maximum atomic E-state index is 13.0. The minimum absolute atomic E-state index is 0.122. The van der Waals surface area contributed by atoms with Gasteiger partial charge in [0.25, 0.3) is 0 Å². The molecule has 2 aromatic carbocycles. The number of aryl methyl sites for hydroxylation is 2. The van der Waals surface area contributed by atoms with E-state index in [1.807, 2.05) is 26.0 Å². The highest BCUT2D eigenvalue weighted by Gasteiger charge is 2.02. The molecule has 0 aliphatic heterocycles. The summed E-state index contributed by atoms with van der Waals surface area (Å²) in [5.41, 5.74) is 3.16. The Morgan fingerprint density at radius 3 is 2.33 bits per heavy atom. The van der Waals surface area contributed by atoms with Crippen LogP contribution in [-0.4, -0.2) is 0 Å². The van der Waals surface area contributed by atoms with E-state index in [1.54, 1.807) is 12.1 Å². The molecule has 0 atom stereocenters. The second kappa shape index (κ2) is 5.40. The highest BCUT2D eigenvalue weighted by Crippen LogP contribution is 2.20. The Bertz CT molecular complexity index is 546. The van der Waals surface area contributed by atoms with Gasteiger partial charge in [0.1, 0.15) is 18.2 Å². The fraction of sp³-hybridized carbons (Fsp3) is 0.200. The molecule has 0 fully saturated rings. The molecule has 0 spiro atoms. The predicted octanol–water partition coefficient (Wildman–Crippen LogP) is 4.67. The zero-order chi connectivity index (χ0) is 13.1. The maximum absolute atomic E-state index is 13.0. The lowest BCUT2D eigenvalue weighted by atomic mass is 10.1. The van der Waals surface area contributed by atoms with E-state index >= 15 is 0 Å². The Hall–Kier alpha value is -1.54. The topological polar surface area (TPSA) is 9.23 Å². The van der Waals surface area contributed by atoms with Crippen LogP contribution < -0.4 is 4.74 Å². The molecule has 0 aliphatic rings. The summed E-state index contributed by atoms with van der Waals surface area (Å²) in [6.07, 6.45) is 0. The van der Waals surface area contributed by atoms with Crippen molar-refractivity contribution in [3.8, 4) is 5.75 Å². The van der Waals surface area contributed by atoms with Crippen LogP contribution in [0.1, 0.15) is 16.7 Å². The maximum Gasteiger partial charge on any atom is 0.141 e. The smallest absolute Gasteiger partial charge is 0.141 e. The van der Waals surface area contributed by atoms with E-state index in [2.05, 4.69) is 6.07 Å². The third-order valence-corrected chi connectivity index (χ3v) is 2.87. The van der Waals surface area contributed by atoms with Crippen LogP contribution in [0.5, 0.6) is 5.75 Å². The van der Waals surface area contributed by atoms with Gasteiger partial charge in [-0.1, -0.05) is 23.7 Å². The van der Waals surface area contributed by atoms with E-state index < -0.39 is 5.82 Å². The van der Waals surface area contributed by atoms with Crippen LogP contribution in [0.4, 0.5) is 4.39 Å². The van der Waals surface area contributed by atoms with Gasteiger partial charge in [-0.15, -0.1) is 0 Å². The van der Waals surface area contributed by atoms with Gasteiger partial charge in [-0.3, -0.25) is 0 Å². The Morgan fingerprint density at radius 1 is 1.06 bits per heavy atom. The fourth-order valence-electron chi connectivity index (χ4n) is 1.81. The van der Waals surface area contributed by atoms with Crippen LogP contribution in [0.15, 0.2) is 36.4 Å². The van der Waals surface area contributed by atoms with Crippen LogP contribution in [0.25, 0.3) is 0 Å². The van der Waals surface area contributed by atoms with Crippen LogP contribution in [0.3, 0.4) is 0 Å². The fourth-order valence-corrected chi connectivity index (χ4v) is 2.02. The molecule has 0 amide bonds. The van der Waals surface area contributed by atoms with Gasteiger partial charge in [0, 0.05) is 0 Å². The SMILES string of the molecule is Cc1cc(C)cc(OCc2ccc(F)c(Cl)c2)c1. The van der Waals surface area contributed by atoms with Crippen molar-refractivity contribution in [2.75, 3.05) is 0 Å². The quantitative estimate of drug-likeness (QED) is 0.782. The van der Waals surface area contributed by atoms with Crippen LogP contribution in [-0.2, 0) is 6.61 Å². The van der Waals surface area contributed by atoms with E-state index in [0.29, 0.717) is 6.61 Å². The predicted molar refractivity (Wildman–Crippen MR) is 71.7 cm³/mol. The zero-order valence-electron chi connectivity index (χ0n) is 10.3. The van der Waals surface area contributed by atoms with Crippen molar-refractivity contribution in [1.82, 2.24) is 0 Å². The normalized spacial score (nSPS) is 10.4. The molecule has 0 aliphatic carbocycles. The Kier molecular flexibility index (Phi) is 3.87. The van der Waals surface area contributed by atoms with Gasteiger partial charge in [0.2, 0.25) is 0 Å². The summed E-state index contributed by atoms with van der Waals surface area (Å²) in [5.74, 6) is 0.403. The molecule has 2 aromatic rings. The Labute approximate surface area is 111 Å². The average molecular weight is 265 g/mol. The van der Waals surface area contributed by atoms with Gasteiger partial charge < -0.3 is 4.74 Å². The molecular formula is C15H14ClFO. The Balaban J connectivity index is 2.08. The summed E-state index contributed by atoms with van der Waals surface area (Å²) >= 11 is 5.72. The lowest BCUT2D eigenvalue weighted by Crippen LogP contribution is -1.96. The van der Waals surface area contributed by atoms with E-state index in [1.165, 1.54) is 6.07 Å². The summed E-state index contributed by atoms with van der Waals surface area (Å²) in [7, 11) is 0. The molecule has 0 N–H and O–H groups in total. The van der Waals surface area contributed by atoms with E-state index in [9.17, 15) is 4.39 Å². The summed E-state index contributed by atoms with van der Waals surface area (Å²) in [6.45, 7) is 4.42. The van der Waals surface area contributed by atoms with Crippen molar-refractivity contribution in [3.05, 3.63) is 63.9 Å². The second-order valence-corrected chi connectivity index (χ2v) is 4.77. The highest BCUT2D eigenvalue weighted by molar-refractivity contribution is 6.30. The van der Waals surface area contributed by atoms with Crippen molar-refractivity contribution < 1.29 is 9.13 Å². The minimum atomic E-state index is -0.410. The van der Waals surface area contributed by atoms with Crippen molar-refractivity contribution in [3.63, 3.8) is 0 Å². The van der Waals surface area contributed by atoms with Crippen molar-refractivity contribution in [2.45, 2.75) is 20.5 Å². The monoisotopic (exact) mass is 264 g/mol.